The molecule has 26 heavy (non-hydrogen) atoms. The zero-order chi connectivity index (χ0) is 18.5. The molecule has 0 saturated carbocycles. The Morgan fingerprint density at radius 2 is 1.27 bits per heavy atom. The Balaban J connectivity index is 1.78. The van der Waals surface area contributed by atoms with E-state index in [1.165, 1.54) is 34.7 Å². The molecule has 1 N–H and O–H groups in total. The van der Waals surface area contributed by atoms with Crippen LogP contribution in [0.3, 0.4) is 0 Å². The molecule has 0 aromatic heterocycles. The topological polar surface area (TPSA) is 20.2 Å². The first-order chi connectivity index (χ1) is 12.3. The first-order valence-electron chi connectivity index (χ1n) is 9.60. The first kappa shape index (κ1) is 17.3. The van der Waals surface area contributed by atoms with Crippen LogP contribution in [0.5, 0.6) is 0 Å². The zero-order valence-electron chi connectivity index (χ0n) is 16.2. The van der Waals surface area contributed by atoms with E-state index in [1.807, 2.05) is 18.2 Å². The highest BCUT2D eigenvalue weighted by Crippen LogP contribution is 2.46. The molecule has 134 valence electrons. The van der Waals surface area contributed by atoms with Crippen molar-refractivity contribution in [2.45, 2.75) is 57.5 Å². The number of rotatable bonds is 2. The van der Waals surface area contributed by atoms with E-state index >= 15 is 0 Å². The number of hydrogen-bond donors (Lipinski definition) is 1. The fraction of sp³-hybridized carbons (Fsp3) is 0.360. The summed E-state index contributed by atoms with van der Waals surface area (Å²) in [6, 6.07) is 21.1. The summed E-state index contributed by atoms with van der Waals surface area (Å²) in [6.45, 7) is 9.32. The Morgan fingerprint density at radius 3 is 2.00 bits per heavy atom. The normalized spacial score (nSPS) is 19.1. The maximum absolute atomic E-state index is 11.1. The Morgan fingerprint density at radius 1 is 0.692 bits per heavy atom. The van der Waals surface area contributed by atoms with E-state index in [9.17, 15) is 5.11 Å². The van der Waals surface area contributed by atoms with Crippen LogP contribution in [0.25, 0.3) is 10.8 Å². The number of hydrogen-bond acceptors (Lipinski definition) is 1. The lowest BCUT2D eigenvalue weighted by Crippen LogP contribution is -2.34. The molecule has 1 unspecified atom stereocenters. The van der Waals surface area contributed by atoms with Crippen molar-refractivity contribution in [1.29, 1.82) is 0 Å². The number of aliphatic hydroxyl groups is 1. The molecule has 1 aliphatic carbocycles. The summed E-state index contributed by atoms with van der Waals surface area (Å²) in [6.07, 6.45) is 1.80. The highest BCUT2D eigenvalue weighted by molar-refractivity contribution is 5.83. The lowest BCUT2D eigenvalue weighted by molar-refractivity contribution is 0.219. The molecule has 3 aromatic carbocycles. The molecule has 0 aliphatic heterocycles. The third-order valence-corrected chi connectivity index (χ3v) is 6.28. The minimum Gasteiger partial charge on any atom is -0.384 e. The molecule has 1 nitrogen and oxygen atoms in total. The van der Waals surface area contributed by atoms with Crippen molar-refractivity contribution in [3.8, 4) is 0 Å². The second-order valence-corrected chi connectivity index (χ2v) is 9.08. The minimum atomic E-state index is -0.592. The fourth-order valence-corrected chi connectivity index (χ4v) is 4.35. The molecule has 0 spiro atoms. The molecule has 0 amide bonds. The number of aliphatic hydroxyl groups excluding tert-OH is 1. The minimum absolute atomic E-state index is 0.157. The Bertz CT molecular complexity index is 965. The van der Waals surface area contributed by atoms with Crippen LogP contribution in [0.15, 0.2) is 60.7 Å². The van der Waals surface area contributed by atoms with Crippen molar-refractivity contribution in [3.63, 3.8) is 0 Å². The smallest absolute Gasteiger partial charge is 0.104 e. The van der Waals surface area contributed by atoms with Crippen LogP contribution in [0.1, 0.15) is 68.9 Å². The molecule has 0 heterocycles. The third kappa shape index (κ3) is 2.85. The van der Waals surface area contributed by atoms with E-state index in [4.69, 9.17) is 0 Å². The van der Waals surface area contributed by atoms with E-state index in [2.05, 4.69) is 70.2 Å². The molecule has 1 aliphatic rings. The summed E-state index contributed by atoms with van der Waals surface area (Å²) in [5, 5.41) is 13.4. The van der Waals surface area contributed by atoms with E-state index in [-0.39, 0.29) is 10.8 Å². The average molecular weight is 344 g/mol. The highest BCUT2D eigenvalue weighted by Gasteiger charge is 2.37. The first-order valence-corrected chi connectivity index (χ1v) is 9.60. The summed E-state index contributed by atoms with van der Waals surface area (Å²) in [5.74, 6) is 0. The van der Waals surface area contributed by atoms with Gasteiger partial charge in [0.05, 0.1) is 0 Å². The molecule has 4 rings (SSSR count). The Hall–Kier alpha value is -2.12. The van der Waals surface area contributed by atoms with Crippen LogP contribution >= 0.6 is 0 Å². The molecule has 0 saturated heterocycles. The van der Waals surface area contributed by atoms with Gasteiger partial charge in [0, 0.05) is 0 Å². The van der Waals surface area contributed by atoms with Crippen LogP contribution in [-0.4, -0.2) is 5.11 Å². The zero-order valence-corrected chi connectivity index (χ0v) is 16.2. The van der Waals surface area contributed by atoms with Crippen molar-refractivity contribution in [1.82, 2.24) is 0 Å². The molecular formula is C25H28O. The van der Waals surface area contributed by atoms with Gasteiger partial charge in [-0.25, -0.2) is 0 Å². The van der Waals surface area contributed by atoms with Gasteiger partial charge >= 0.3 is 0 Å². The summed E-state index contributed by atoms with van der Waals surface area (Å²) >= 11 is 0. The second-order valence-electron chi connectivity index (χ2n) is 9.08. The average Bonchev–Trinajstić information content (AvgIpc) is 2.64. The van der Waals surface area contributed by atoms with Crippen LogP contribution < -0.4 is 0 Å². The maximum Gasteiger partial charge on any atom is 0.104 e. The fourth-order valence-electron chi connectivity index (χ4n) is 4.35. The monoisotopic (exact) mass is 344 g/mol. The molecule has 0 fully saturated rings. The largest absolute Gasteiger partial charge is 0.384 e. The third-order valence-electron chi connectivity index (χ3n) is 6.28. The van der Waals surface area contributed by atoms with Crippen molar-refractivity contribution in [3.05, 3.63) is 82.9 Å². The maximum atomic E-state index is 11.1. The van der Waals surface area contributed by atoms with Crippen molar-refractivity contribution >= 4 is 10.8 Å². The van der Waals surface area contributed by atoms with Gasteiger partial charge < -0.3 is 5.11 Å². The van der Waals surface area contributed by atoms with Crippen LogP contribution in [0.4, 0.5) is 0 Å². The van der Waals surface area contributed by atoms with Crippen LogP contribution in [-0.2, 0) is 10.8 Å². The quantitative estimate of drug-likeness (QED) is 0.581. The molecule has 3 aromatic rings. The summed E-state index contributed by atoms with van der Waals surface area (Å²) in [7, 11) is 0. The Labute approximate surface area is 156 Å². The molecular weight excluding hydrogens is 316 g/mol. The summed E-state index contributed by atoms with van der Waals surface area (Å²) < 4.78 is 0. The lowest BCUT2D eigenvalue weighted by atomic mass is 9.63. The molecule has 0 radical (unpaired) electrons. The lowest BCUT2D eigenvalue weighted by Gasteiger charge is -2.42. The van der Waals surface area contributed by atoms with Crippen LogP contribution in [0, 0.1) is 0 Å². The van der Waals surface area contributed by atoms with Gasteiger partial charge in [0.1, 0.15) is 6.10 Å². The highest BCUT2D eigenvalue weighted by atomic mass is 16.3. The van der Waals surface area contributed by atoms with E-state index in [0.29, 0.717) is 0 Å². The molecule has 1 heteroatoms. The van der Waals surface area contributed by atoms with Crippen molar-refractivity contribution < 1.29 is 5.11 Å². The van der Waals surface area contributed by atoms with E-state index in [1.54, 1.807) is 0 Å². The predicted molar refractivity (Wildman–Crippen MR) is 110 cm³/mol. The van der Waals surface area contributed by atoms with Gasteiger partial charge in [-0.3, -0.25) is 0 Å². The van der Waals surface area contributed by atoms with E-state index in [0.717, 1.165) is 11.1 Å². The van der Waals surface area contributed by atoms with Gasteiger partial charge in [-0.05, 0) is 62.8 Å². The van der Waals surface area contributed by atoms with E-state index < -0.39 is 6.10 Å². The molecule has 1 atom stereocenters. The number of benzene rings is 3. The summed E-state index contributed by atoms with van der Waals surface area (Å²) in [5.41, 5.74) is 5.14. The standard InChI is InChI=1S/C25H28O/c1-24(2)13-14-25(3,4)22-16-20(11-12-21(22)24)23(26)19-10-9-17-7-5-6-8-18(17)15-19/h5-12,15-16,23,26H,13-14H2,1-4H3. The van der Waals surface area contributed by atoms with Crippen molar-refractivity contribution in [2.75, 3.05) is 0 Å². The van der Waals surface area contributed by atoms with Crippen LogP contribution in [0.2, 0.25) is 0 Å². The van der Waals surface area contributed by atoms with Gasteiger partial charge in [0.2, 0.25) is 0 Å². The SMILES string of the molecule is CC1(C)CCC(C)(C)c2cc(C(O)c3ccc4ccccc4c3)ccc21. The second kappa shape index (κ2) is 5.96. The van der Waals surface area contributed by atoms with Crippen molar-refractivity contribution in [2.24, 2.45) is 0 Å². The molecule has 0 bridgehead atoms. The predicted octanol–water partition coefficient (Wildman–Crippen LogP) is 6.27. The van der Waals surface area contributed by atoms with Gasteiger partial charge in [-0.15, -0.1) is 0 Å². The van der Waals surface area contributed by atoms with Gasteiger partial charge in [0.15, 0.2) is 0 Å². The summed E-state index contributed by atoms with van der Waals surface area (Å²) in [4.78, 5) is 0. The van der Waals surface area contributed by atoms with Gasteiger partial charge in [0.25, 0.3) is 0 Å². The number of fused-ring (bicyclic) bond motifs is 2. The Kier molecular flexibility index (Phi) is 3.96. The van der Waals surface area contributed by atoms with Gasteiger partial charge in [-0.2, -0.15) is 0 Å². The van der Waals surface area contributed by atoms with Gasteiger partial charge in [-0.1, -0.05) is 82.3 Å².